The van der Waals surface area contributed by atoms with E-state index in [1.807, 2.05) is 6.92 Å². The highest BCUT2D eigenvalue weighted by atomic mass is 19.4. The van der Waals surface area contributed by atoms with Crippen molar-refractivity contribution in [3.63, 3.8) is 0 Å². The van der Waals surface area contributed by atoms with E-state index in [-0.39, 0.29) is 35.4 Å². The van der Waals surface area contributed by atoms with E-state index in [2.05, 4.69) is 4.98 Å². The molecular formula is C19H21F3N4O2. The molecule has 0 amide bonds. The molecule has 2 saturated heterocycles. The number of carbonyl (C=O) groups is 1. The van der Waals surface area contributed by atoms with E-state index < -0.39 is 29.2 Å². The van der Waals surface area contributed by atoms with Crippen LogP contribution >= 0.6 is 0 Å². The Morgan fingerprint density at radius 3 is 2.46 bits per heavy atom. The number of carboxylic acids is 1. The maximum Gasteiger partial charge on any atom is 0.417 e. The number of rotatable bonds is 4. The molecule has 0 bridgehead atoms. The molecule has 3 aliphatic rings. The summed E-state index contributed by atoms with van der Waals surface area (Å²) in [6, 6.07) is 2.71. The summed E-state index contributed by atoms with van der Waals surface area (Å²) in [5, 5.41) is 18.6. The van der Waals surface area contributed by atoms with Crippen LogP contribution in [0.5, 0.6) is 0 Å². The van der Waals surface area contributed by atoms with Crippen LogP contribution < -0.4 is 9.80 Å². The van der Waals surface area contributed by atoms with Gasteiger partial charge in [-0.05, 0) is 37.2 Å². The fourth-order valence-electron chi connectivity index (χ4n) is 4.72. The van der Waals surface area contributed by atoms with Crippen molar-refractivity contribution in [2.24, 2.45) is 23.7 Å². The average molecular weight is 394 g/mol. The minimum atomic E-state index is -4.64. The van der Waals surface area contributed by atoms with E-state index in [0.29, 0.717) is 19.6 Å². The number of anilines is 2. The number of nitriles is 1. The number of hydrogen-bond acceptors (Lipinski definition) is 5. The third-order valence-electron chi connectivity index (χ3n) is 6.55. The van der Waals surface area contributed by atoms with Gasteiger partial charge in [-0.25, -0.2) is 4.98 Å². The summed E-state index contributed by atoms with van der Waals surface area (Å²) >= 11 is 0. The Morgan fingerprint density at radius 1 is 1.39 bits per heavy atom. The number of piperidine rings is 1. The first-order chi connectivity index (χ1) is 13.1. The maximum atomic E-state index is 13.6. The van der Waals surface area contributed by atoms with Crippen LogP contribution in [-0.2, 0) is 11.0 Å². The van der Waals surface area contributed by atoms with Crippen LogP contribution in [0.25, 0.3) is 0 Å². The zero-order valence-electron chi connectivity index (χ0n) is 15.6. The third kappa shape index (κ3) is 2.86. The van der Waals surface area contributed by atoms with Gasteiger partial charge >= 0.3 is 12.1 Å². The summed E-state index contributed by atoms with van der Waals surface area (Å²) in [5.74, 6) is -0.556. The molecule has 4 rings (SSSR count). The van der Waals surface area contributed by atoms with Crippen LogP contribution in [0.1, 0.15) is 31.4 Å². The molecule has 6 nitrogen and oxygen atoms in total. The SMILES string of the molecule is CC(C(=O)O)C1[C@H]2CN(c3cc(C(F)(F)F)c(C#N)c(N4CC[C@@H]4C)n3)C[C@H]12. The number of nitrogens with zero attached hydrogens (tertiary/aromatic N) is 4. The minimum Gasteiger partial charge on any atom is -0.481 e. The van der Waals surface area contributed by atoms with Gasteiger partial charge in [-0.2, -0.15) is 18.4 Å². The van der Waals surface area contributed by atoms with Crippen LogP contribution in [0.3, 0.4) is 0 Å². The van der Waals surface area contributed by atoms with Crippen LogP contribution in [-0.4, -0.2) is 41.7 Å². The predicted molar refractivity (Wildman–Crippen MR) is 94.9 cm³/mol. The van der Waals surface area contributed by atoms with E-state index in [9.17, 15) is 28.3 Å². The highest BCUT2D eigenvalue weighted by Gasteiger charge is 2.59. The fraction of sp³-hybridized carbons (Fsp3) is 0.632. The molecule has 1 saturated carbocycles. The van der Waals surface area contributed by atoms with Gasteiger partial charge in [0.05, 0.1) is 11.5 Å². The molecule has 2 aliphatic heterocycles. The molecule has 4 atom stereocenters. The van der Waals surface area contributed by atoms with E-state index in [1.54, 1.807) is 22.8 Å². The summed E-state index contributed by atoms with van der Waals surface area (Å²) in [7, 11) is 0. The number of halogens is 3. The lowest BCUT2D eigenvalue weighted by atomic mass is 10.0. The first-order valence-electron chi connectivity index (χ1n) is 9.40. The van der Waals surface area contributed by atoms with Crippen molar-refractivity contribution >= 4 is 17.6 Å². The zero-order valence-corrected chi connectivity index (χ0v) is 15.6. The molecule has 0 radical (unpaired) electrons. The average Bonchev–Trinajstić information content (AvgIpc) is 3.10. The van der Waals surface area contributed by atoms with Gasteiger partial charge in [0, 0.05) is 25.7 Å². The first-order valence-corrected chi connectivity index (χ1v) is 9.40. The lowest BCUT2D eigenvalue weighted by Crippen LogP contribution is -2.47. The molecule has 9 heteroatoms. The summed E-state index contributed by atoms with van der Waals surface area (Å²) in [5.41, 5.74) is -1.38. The summed E-state index contributed by atoms with van der Waals surface area (Å²) < 4.78 is 40.9. The van der Waals surface area contributed by atoms with Crippen molar-refractivity contribution in [1.29, 1.82) is 5.26 Å². The quantitative estimate of drug-likeness (QED) is 0.846. The second-order valence-electron chi connectivity index (χ2n) is 8.10. The smallest absolute Gasteiger partial charge is 0.417 e. The van der Waals surface area contributed by atoms with Gasteiger partial charge in [-0.3, -0.25) is 4.79 Å². The molecule has 1 unspecified atom stereocenters. The highest BCUT2D eigenvalue weighted by Crippen LogP contribution is 2.56. The summed E-state index contributed by atoms with van der Waals surface area (Å²) in [4.78, 5) is 19.2. The van der Waals surface area contributed by atoms with Crippen molar-refractivity contribution in [3.05, 3.63) is 17.2 Å². The van der Waals surface area contributed by atoms with E-state index in [4.69, 9.17) is 0 Å². The van der Waals surface area contributed by atoms with Crippen molar-refractivity contribution in [1.82, 2.24) is 4.98 Å². The lowest BCUT2D eigenvalue weighted by molar-refractivity contribution is -0.142. The first kappa shape index (κ1) is 18.8. The maximum absolute atomic E-state index is 13.6. The molecule has 3 fully saturated rings. The Kier molecular flexibility index (Phi) is 4.21. The Balaban J connectivity index is 1.65. The second kappa shape index (κ2) is 6.26. The van der Waals surface area contributed by atoms with Gasteiger partial charge in [0.25, 0.3) is 0 Å². The number of alkyl halides is 3. The summed E-state index contributed by atoms with van der Waals surface area (Å²) in [6.45, 7) is 5.15. The second-order valence-corrected chi connectivity index (χ2v) is 8.10. The number of aromatic nitrogens is 1. The number of fused-ring (bicyclic) bond motifs is 1. The molecule has 3 heterocycles. The largest absolute Gasteiger partial charge is 0.481 e. The van der Waals surface area contributed by atoms with Crippen molar-refractivity contribution < 1.29 is 23.1 Å². The van der Waals surface area contributed by atoms with Crippen molar-refractivity contribution in [2.45, 2.75) is 32.5 Å². The molecule has 0 aromatic carbocycles. The highest BCUT2D eigenvalue weighted by molar-refractivity contribution is 5.71. The van der Waals surface area contributed by atoms with Crippen LogP contribution in [0, 0.1) is 35.0 Å². The van der Waals surface area contributed by atoms with Gasteiger partial charge < -0.3 is 14.9 Å². The molecule has 1 aromatic heterocycles. The molecule has 0 spiro atoms. The van der Waals surface area contributed by atoms with Crippen molar-refractivity contribution in [3.8, 4) is 6.07 Å². The van der Waals surface area contributed by atoms with Crippen LogP contribution in [0.2, 0.25) is 0 Å². The van der Waals surface area contributed by atoms with Gasteiger partial charge in [0.15, 0.2) is 0 Å². The standard InChI is InChI=1S/C19H21F3N4O2/c1-9-3-4-26(9)17-11(6-23)14(19(20,21)22)5-15(24-17)25-7-12-13(8-25)16(12)10(2)18(27)28/h5,9-10,12-13,16H,3-4,7-8H2,1-2H3,(H,27,28)/t9-,10?,12-,13-/m0/s1. The van der Waals surface area contributed by atoms with Crippen LogP contribution in [0.4, 0.5) is 24.8 Å². The molecule has 1 aromatic rings. The zero-order chi connectivity index (χ0) is 20.4. The van der Waals surface area contributed by atoms with Gasteiger partial charge in [-0.15, -0.1) is 0 Å². The van der Waals surface area contributed by atoms with E-state index in [1.165, 1.54) is 0 Å². The molecule has 1 N–H and O–H groups in total. The van der Waals surface area contributed by atoms with Crippen LogP contribution in [0.15, 0.2) is 6.07 Å². The number of pyridine rings is 1. The lowest BCUT2D eigenvalue weighted by Gasteiger charge is -2.41. The molecule has 28 heavy (non-hydrogen) atoms. The minimum absolute atomic E-state index is 0.0451. The van der Waals surface area contributed by atoms with E-state index >= 15 is 0 Å². The van der Waals surface area contributed by atoms with Gasteiger partial charge in [0.1, 0.15) is 23.3 Å². The monoisotopic (exact) mass is 394 g/mol. The molecule has 1 aliphatic carbocycles. The Morgan fingerprint density at radius 2 is 2.04 bits per heavy atom. The van der Waals surface area contributed by atoms with Gasteiger partial charge in [-0.1, -0.05) is 6.92 Å². The molecule has 150 valence electrons. The third-order valence-corrected chi connectivity index (χ3v) is 6.55. The predicted octanol–water partition coefficient (Wildman–Crippen LogP) is 2.97. The summed E-state index contributed by atoms with van der Waals surface area (Å²) in [6.07, 6.45) is -3.80. The molecular weight excluding hydrogens is 373 g/mol. The van der Waals surface area contributed by atoms with Gasteiger partial charge in [0.2, 0.25) is 0 Å². The Labute approximate surface area is 160 Å². The van der Waals surface area contributed by atoms with Crippen molar-refractivity contribution in [2.75, 3.05) is 29.4 Å². The fourth-order valence-corrected chi connectivity index (χ4v) is 4.72. The Bertz CT molecular complexity index is 854. The number of hydrogen-bond donors (Lipinski definition) is 1. The number of carboxylic acid groups (broad SMARTS) is 1. The van der Waals surface area contributed by atoms with E-state index in [0.717, 1.165) is 12.5 Å². The Hall–Kier alpha value is -2.50. The number of aliphatic carboxylic acids is 1. The topological polar surface area (TPSA) is 80.5 Å². The normalized spacial score (nSPS) is 29.7.